The van der Waals surface area contributed by atoms with Crippen LogP contribution >= 0.6 is 0 Å². The number of carbonyl (C=O) groups is 2. The fourth-order valence-electron chi connectivity index (χ4n) is 5.04. The van der Waals surface area contributed by atoms with Crippen molar-refractivity contribution in [1.29, 1.82) is 0 Å². The first-order valence-electron chi connectivity index (χ1n) is 11.0. The lowest BCUT2D eigenvalue weighted by molar-refractivity contribution is -0.154. The Labute approximate surface area is 173 Å². The van der Waals surface area contributed by atoms with Crippen LogP contribution in [0.15, 0.2) is 0 Å². The van der Waals surface area contributed by atoms with E-state index < -0.39 is 5.41 Å². The summed E-state index contributed by atoms with van der Waals surface area (Å²) in [4.78, 5) is 25.2. The van der Waals surface area contributed by atoms with Gasteiger partial charge in [-0.05, 0) is 52.4 Å². The number of amides is 1. The summed E-state index contributed by atoms with van der Waals surface area (Å²) in [7, 11) is 1.63. The van der Waals surface area contributed by atoms with Crippen LogP contribution in [-0.2, 0) is 28.5 Å². The fourth-order valence-corrected chi connectivity index (χ4v) is 5.04. The van der Waals surface area contributed by atoms with Crippen molar-refractivity contribution >= 4 is 11.9 Å². The molecule has 0 aromatic heterocycles. The van der Waals surface area contributed by atoms with Gasteiger partial charge in [0.05, 0.1) is 35.9 Å². The van der Waals surface area contributed by atoms with Gasteiger partial charge in [0.15, 0.2) is 0 Å². The number of nitrogens with one attached hydrogen (secondary N) is 1. The standard InChI is InChI=1S/C22H35NO6/c1-20(12-26-4,11-23-18(24)14-5-7-21(2)16(9-14)28-21)13-27-19(25)15-6-8-22(3)17(10-15)29-22/h14-17H,5-13H2,1-4H3,(H,23,24). The van der Waals surface area contributed by atoms with E-state index in [0.29, 0.717) is 13.2 Å². The number of epoxide rings is 2. The highest BCUT2D eigenvalue weighted by molar-refractivity contribution is 5.79. The van der Waals surface area contributed by atoms with E-state index >= 15 is 0 Å². The molecule has 4 aliphatic rings. The number of fused-ring (bicyclic) bond motifs is 2. The van der Waals surface area contributed by atoms with Crippen molar-refractivity contribution in [3.8, 4) is 0 Å². The van der Waals surface area contributed by atoms with Crippen LogP contribution in [0.4, 0.5) is 0 Å². The Morgan fingerprint density at radius 2 is 1.62 bits per heavy atom. The van der Waals surface area contributed by atoms with Gasteiger partial charge >= 0.3 is 5.97 Å². The van der Waals surface area contributed by atoms with Crippen molar-refractivity contribution in [2.24, 2.45) is 17.3 Å². The van der Waals surface area contributed by atoms with Crippen LogP contribution in [0, 0.1) is 17.3 Å². The third kappa shape index (κ3) is 4.47. The summed E-state index contributed by atoms with van der Waals surface area (Å²) in [6.45, 7) is 7.27. The summed E-state index contributed by atoms with van der Waals surface area (Å²) >= 11 is 0. The Balaban J connectivity index is 1.23. The average molecular weight is 410 g/mol. The van der Waals surface area contributed by atoms with Crippen LogP contribution in [0.2, 0.25) is 0 Å². The molecule has 2 aliphatic carbocycles. The molecular formula is C22H35NO6. The van der Waals surface area contributed by atoms with Crippen molar-refractivity contribution in [3.05, 3.63) is 0 Å². The minimum Gasteiger partial charge on any atom is -0.465 e. The van der Waals surface area contributed by atoms with Gasteiger partial charge < -0.3 is 24.3 Å². The molecule has 7 heteroatoms. The molecule has 0 radical (unpaired) electrons. The maximum Gasteiger partial charge on any atom is 0.309 e. The van der Waals surface area contributed by atoms with Crippen LogP contribution in [0.1, 0.15) is 59.3 Å². The van der Waals surface area contributed by atoms with Gasteiger partial charge in [0.25, 0.3) is 0 Å². The van der Waals surface area contributed by atoms with Crippen molar-refractivity contribution in [1.82, 2.24) is 5.32 Å². The monoisotopic (exact) mass is 409 g/mol. The van der Waals surface area contributed by atoms with Gasteiger partial charge in [-0.1, -0.05) is 6.92 Å². The Morgan fingerprint density at radius 3 is 2.21 bits per heavy atom. The van der Waals surface area contributed by atoms with E-state index in [9.17, 15) is 9.59 Å². The third-order valence-electron chi connectivity index (χ3n) is 7.50. The average Bonchev–Trinajstić information content (AvgIpc) is 3.56. The molecule has 7 nitrogen and oxygen atoms in total. The molecule has 29 heavy (non-hydrogen) atoms. The number of rotatable bonds is 8. The molecule has 1 N–H and O–H groups in total. The lowest BCUT2D eigenvalue weighted by atomic mass is 9.82. The highest BCUT2D eigenvalue weighted by Gasteiger charge is 2.57. The molecule has 0 bridgehead atoms. The number of ether oxygens (including phenoxy) is 4. The number of hydrogen-bond acceptors (Lipinski definition) is 6. The van der Waals surface area contributed by atoms with Gasteiger partial charge in [0.1, 0.15) is 6.61 Å². The highest BCUT2D eigenvalue weighted by Crippen LogP contribution is 2.50. The number of esters is 1. The number of hydrogen-bond donors (Lipinski definition) is 1. The molecule has 2 aliphatic heterocycles. The second-order valence-electron chi connectivity index (χ2n) is 10.4. The quantitative estimate of drug-likeness (QED) is 0.488. The minimum atomic E-state index is -0.460. The molecule has 164 valence electrons. The molecule has 4 rings (SSSR count). The molecule has 7 unspecified atom stereocenters. The summed E-state index contributed by atoms with van der Waals surface area (Å²) in [6, 6.07) is 0. The lowest BCUT2D eigenvalue weighted by Gasteiger charge is -2.31. The summed E-state index contributed by atoms with van der Waals surface area (Å²) in [6.07, 6.45) is 5.49. The maximum atomic E-state index is 12.6. The normalized spacial score (nSPS) is 42.1. The van der Waals surface area contributed by atoms with Crippen molar-refractivity contribution < 1.29 is 28.5 Å². The topological polar surface area (TPSA) is 89.7 Å². The second-order valence-corrected chi connectivity index (χ2v) is 10.4. The van der Waals surface area contributed by atoms with E-state index in [1.165, 1.54) is 0 Å². The van der Waals surface area contributed by atoms with Crippen LogP contribution < -0.4 is 5.32 Å². The van der Waals surface area contributed by atoms with E-state index in [-0.39, 0.29) is 53.7 Å². The van der Waals surface area contributed by atoms with E-state index in [0.717, 1.165) is 38.5 Å². The van der Waals surface area contributed by atoms with Crippen LogP contribution in [0.3, 0.4) is 0 Å². The van der Waals surface area contributed by atoms with Gasteiger partial charge in [-0.15, -0.1) is 0 Å². The molecule has 0 spiro atoms. The summed E-state index contributed by atoms with van der Waals surface area (Å²) in [5, 5.41) is 3.07. The lowest BCUT2D eigenvalue weighted by Crippen LogP contribution is -2.45. The summed E-state index contributed by atoms with van der Waals surface area (Å²) < 4.78 is 22.4. The zero-order valence-corrected chi connectivity index (χ0v) is 18.1. The Kier molecular flexibility index (Phi) is 5.45. The first-order chi connectivity index (χ1) is 13.7. The Bertz CT molecular complexity index is 618. The SMILES string of the molecule is COCC(C)(CNC(=O)C1CCC2(C)OC2C1)COC(=O)C1CCC2(C)OC2C1. The number of carbonyl (C=O) groups excluding carboxylic acids is 2. The number of methoxy groups -OCH3 is 1. The molecule has 4 fully saturated rings. The molecule has 1 amide bonds. The summed E-state index contributed by atoms with van der Waals surface area (Å²) in [5.41, 5.74) is -0.454. The molecule has 2 saturated heterocycles. The molecular weight excluding hydrogens is 374 g/mol. The van der Waals surface area contributed by atoms with Gasteiger partial charge in [-0.2, -0.15) is 0 Å². The van der Waals surface area contributed by atoms with Crippen molar-refractivity contribution in [2.75, 3.05) is 26.9 Å². The highest BCUT2D eigenvalue weighted by atomic mass is 16.6. The van der Waals surface area contributed by atoms with E-state index in [1.54, 1.807) is 7.11 Å². The molecule has 0 aromatic rings. The van der Waals surface area contributed by atoms with E-state index in [2.05, 4.69) is 19.2 Å². The minimum absolute atomic E-state index is 0.0000104. The predicted molar refractivity (Wildman–Crippen MR) is 105 cm³/mol. The fraction of sp³-hybridized carbons (Fsp3) is 0.909. The molecule has 0 aromatic carbocycles. The van der Waals surface area contributed by atoms with Crippen LogP contribution in [0.25, 0.3) is 0 Å². The van der Waals surface area contributed by atoms with Crippen molar-refractivity contribution in [3.63, 3.8) is 0 Å². The van der Waals surface area contributed by atoms with Gasteiger partial charge in [0, 0.05) is 25.0 Å². The Hall–Kier alpha value is -1.18. The zero-order valence-electron chi connectivity index (χ0n) is 18.1. The van der Waals surface area contributed by atoms with Gasteiger partial charge in [-0.3, -0.25) is 9.59 Å². The largest absolute Gasteiger partial charge is 0.465 e. The third-order valence-corrected chi connectivity index (χ3v) is 7.50. The first-order valence-corrected chi connectivity index (χ1v) is 11.0. The van der Waals surface area contributed by atoms with E-state index in [1.807, 2.05) is 6.92 Å². The predicted octanol–water partition coefficient (Wildman–Crippen LogP) is 2.21. The van der Waals surface area contributed by atoms with Crippen LogP contribution in [-0.4, -0.2) is 62.2 Å². The second kappa shape index (κ2) is 7.50. The smallest absolute Gasteiger partial charge is 0.309 e. The van der Waals surface area contributed by atoms with Crippen molar-refractivity contribution in [2.45, 2.75) is 82.7 Å². The maximum absolute atomic E-state index is 12.6. The van der Waals surface area contributed by atoms with Crippen LogP contribution in [0.5, 0.6) is 0 Å². The van der Waals surface area contributed by atoms with Gasteiger partial charge in [0.2, 0.25) is 5.91 Å². The molecule has 2 heterocycles. The first kappa shape index (κ1) is 21.1. The Morgan fingerprint density at radius 1 is 1.03 bits per heavy atom. The summed E-state index contributed by atoms with van der Waals surface area (Å²) in [5.74, 6) is -0.186. The van der Waals surface area contributed by atoms with Gasteiger partial charge in [-0.25, -0.2) is 0 Å². The zero-order chi connectivity index (χ0) is 20.9. The molecule has 2 saturated carbocycles. The van der Waals surface area contributed by atoms with E-state index in [4.69, 9.17) is 18.9 Å². The molecule has 7 atom stereocenters.